The van der Waals surface area contributed by atoms with Crippen LogP contribution in [0.4, 0.5) is 0 Å². The molecule has 0 fully saturated rings. The van der Waals surface area contributed by atoms with E-state index in [1.54, 1.807) is 24.3 Å². The van der Waals surface area contributed by atoms with Crippen molar-refractivity contribution in [2.24, 2.45) is 0 Å². The summed E-state index contributed by atoms with van der Waals surface area (Å²) in [6.45, 7) is 0.169. The molecule has 7 heteroatoms. The molecule has 1 aromatic rings. The molecule has 0 bridgehead atoms. The molecular formula is C10H8Cl3NO2Se. The number of benzene rings is 1. The van der Waals surface area contributed by atoms with Crippen molar-refractivity contribution in [3.63, 3.8) is 0 Å². The third-order valence-corrected chi connectivity index (χ3v) is 6.18. The van der Waals surface area contributed by atoms with Crippen LogP contribution in [0.1, 0.15) is 20.7 Å². The van der Waals surface area contributed by atoms with Gasteiger partial charge in [-0.3, -0.25) is 0 Å². The molecule has 0 aromatic heterocycles. The van der Waals surface area contributed by atoms with E-state index in [4.69, 9.17) is 30.3 Å². The molecule has 0 N–H and O–H groups in total. The first-order valence-corrected chi connectivity index (χ1v) is 12.7. The predicted molar refractivity (Wildman–Crippen MR) is 69.9 cm³/mol. The van der Waals surface area contributed by atoms with Gasteiger partial charge in [-0.1, -0.05) is 0 Å². The second-order valence-electron chi connectivity index (χ2n) is 3.51. The van der Waals surface area contributed by atoms with Gasteiger partial charge in [-0.2, -0.15) is 0 Å². The molecule has 1 aliphatic rings. The second-order valence-corrected chi connectivity index (χ2v) is 17.2. The summed E-state index contributed by atoms with van der Waals surface area (Å²) in [7, 11) is 14.3. The van der Waals surface area contributed by atoms with E-state index in [0.29, 0.717) is 11.1 Å². The number of imide groups is 1. The molecule has 1 heterocycles. The molecular weight excluding hydrogens is 351 g/mol. The molecule has 1 aliphatic heterocycles. The van der Waals surface area contributed by atoms with Gasteiger partial charge in [-0.15, -0.1) is 0 Å². The number of carbonyl (C=O) groups is 2. The number of carbonyl (C=O) groups excluding carboxylic acids is 2. The van der Waals surface area contributed by atoms with Crippen LogP contribution in [-0.2, 0) is 0 Å². The van der Waals surface area contributed by atoms with E-state index in [1.165, 1.54) is 0 Å². The van der Waals surface area contributed by atoms with Crippen LogP contribution in [0, 0.1) is 0 Å². The van der Waals surface area contributed by atoms with Crippen LogP contribution in [-0.4, -0.2) is 33.4 Å². The maximum absolute atomic E-state index is 11.9. The number of nitrogens with zero attached hydrogens (tertiary/aromatic N) is 1. The molecule has 92 valence electrons. The number of amides is 2. The van der Waals surface area contributed by atoms with Gasteiger partial charge >= 0.3 is 114 Å². The van der Waals surface area contributed by atoms with Crippen LogP contribution in [0.2, 0.25) is 5.32 Å². The Morgan fingerprint density at radius 1 is 1.00 bits per heavy atom. The van der Waals surface area contributed by atoms with Gasteiger partial charge in [-0.05, 0) is 0 Å². The Bertz CT molecular complexity index is 452. The molecule has 3 nitrogen and oxygen atoms in total. The Morgan fingerprint density at radius 2 is 1.47 bits per heavy atom. The van der Waals surface area contributed by atoms with Crippen molar-refractivity contribution in [3.8, 4) is 0 Å². The summed E-state index contributed by atoms with van der Waals surface area (Å²) < 4.78 is 0. The van der Waals surface area contributed by atoms with Crippen LogP contribution in [0.5, 0.6) is 0 Å². The molecule has 0 saturated heterocycles. The van der Waals surface area contributed by atoms with Crippen LogP contribution in [0.3, 0.4) is 0 Å². The zero-order valence-electron chi connectivity index (χ0n) is 8.53. The summed E-state index contributed by atoms with van der Waals surface area (Å²) in [6.07, 6.45) is 0. The first-order chi connectivity index (χ1) is 7.90. The van der Waals surface area contributed by atoms with Crippen molar-refractivity contribution < 1.29 is 9.59 Å². The normalized spacial score (nSPS) is 16.3. The Hall–Kier alpha value is -0.251. The van der Waals surface area contributed by atoms with Crippen molar-refractivity contribution in [1.29, 1.82) is 0 Å². The Kier molecular flexibility index (Phi) is 3.71. The van der Waals surface area contributed by atoms with E-state index in [9.17, 15) is 9.59 Å². The van der Waals surface area contributed by atoms with E-state index >= 15 is 0 Å². The Balaban J connectivity index is 2.19. The topological polar surface area (TPSA) is 37.4 Å². The molecule has 1 aromatic carbocycles. The summed E-state index contributed by atoms with van der Waals surface area (Å²) in [5, 5.41) is 0.270. The fourth-order valence-electron chi connectivity index (χ4n) is 1.64. The third-order valence-electron chi connectivity index (χ3n) is 2.42. The Labute approximate surface area is 114 Å². The SMILES string of the molecule is O=C1c2ccccc2C(=O)N1CC[Se](Cl)(Cl)Cl. The van der Waals surface area contributed by atoms with Crippen LogP contribution in [0.15, 0.2) is 24.3 Å². The van der Waals surface area contributed by atoms with Gasteiger partial charge < -0.3 is 0 Å². The molecule has 0 atom stereocenters. The number of halogens is 3. The van der Waals surface area contributed by atoms with Gasteiger partial charge in [0.25, 0.3) is 0 Å². The molecule has 2 rings (SSSR count). The van der Waals surface area contributed by atoms with Gasteiger partial charge in [0.1, 0.15) is 0 Å². The first kappa shape index (κ1) is 13.2. The van der Waals surface area contributed by atoms with Gasteiger partial charge in [0.2, 0.25) is 0 Å². The second kappa shape index (κ2) is 4.79. The summed E-state index contributed by atoms with van der Waals surface area (Å²) in [5.74, 6) is -0.617. The molecule has 0 saturated carbocycles. The van der Waals surface area contributed by atoms with Crippen molar-refractivity contribution in [2.75, 3.05) is 6.54 Å². The van der Waals surface area contributed by atoms with Crippen molar-refractivity contribution >= 4 is 52.2 Å². The summed E-state index contributed by atoms with van der Waals surface area (Å²) in [6, 6.07) is 6.70. The quantitative estimate of drug-likeness (QED) is 0.615. The minimum absolute atomic E-state index is 0.169. The fraction of sp³-hybridized carbons (Fsp3) is 0.200. The van der Waals surface area contributed by atoms with E-state index in [-0.39, 0.29) is 23.7 Å². The van der Waals surface area contributed by atoms with Crippen molar-refractivity contribution in [3.05, 3.63) is 35.4 Å². The Morgan fingerprint density at radius 3 is 1.88 bits per heavy atom. The zero-order chi connectivity index (χ0) is 12.6. The average Bonchev–Trinajstić information content (AvgIpc) is 2.49. The number of fused-ring (bicyclic) bond motifs is 1. The molecule has 0 aliphatic carbocycles. The monoisotopic (exact) mass is 359 g/mol. The van der Waals surface area contributed by atoms with E-state index in [1.807, 2.05) is 0 Å². The van der Waals surface area contributed by atoms with Crippen LogP contribution >= 0.6 is 30.3 Å². The minimum atomic E-state index is -2.99. The fourth-order valence-corrected chi connectivity index (χ4v) is 3.53. The van der Waals surface area contributed by atoms with Crippen molar-refractivity contribution in [2.45, 2.75) is 5.32 Å². The van der Waals surface area contributed by atoms with E-state index < -0.39 is 10.1 Å². The molecule has 0 spiro atoms. The number of hydrogen-bond donors (Lipinski definition) is 0. The van der Waals surface area contributed by atoms with Gasteiger partial charge in [-0.25, -0.2) is 0 Å². The number of rotatable bonds is 3. The zero-order valence-corrected chi connectivity index (χ0v) is 12.5. The van der Waals surface area contributed by atoms with Crippen molar-refractivity contribution in [1.82, 2.24) is 4.90 Å². The van der Waals surface area contributed by atoms with Gasteiger partial charge in [0, 0.05) is 0 Å². The molecule has 2 amide bonds. The molecule has 0 unspecified atom stereocenters. The third kappa shape index (κ3) is 2.78. The van der Waals surface area contributed by atoms with Gasteiger partial charge in [0.05, 0.1) is 0 Å². The summed E-state index contributed by atoms with van der Waals surface area (Å²) in [4.78, 5) is 25.0. The first-order valence-electron chi connectivity index (χ1n) is 4.75. The summed E-state index contributed by atoms with van der Waals surface area (Å²) in [5.41, 5.74) is 0.844. The molecule has 17 heavy (non-hydrogen) atoms. The van der Waals surface area contributed by atoms with E-state index in [2.05, 4.69) is 0 Å². The standard InChI is InChI=1S/C10H8Cl3NO2Se/c11-17(12,13)6-5-14-9(15)7-3-1-2-4-8(7)10(14)16/h1-4H,5-6H2. The average molecular weight is 359 g/mol. The molecule has 0 radical (unpaired) electrons. The van der Waals surface area contributed by atoms with Gasteiger partial charge in [0.15, 0.2) is 0 Å². The van der Waals surface area contributed by atoms with Crippen LogP contribution < -0.4 is 0 Å². The number of hydrogen-bond acceptors (Lipinski definition) is 2. The maximum atomic E-state index is 11.9. The predicted octanol–water partition coefficient (Wildman–Crippen LogP) is 2.94. The summed E-state index contributed by atoms with van der Waals surface area (Å²) >= 11 is 0. The van der Waals surface area contributed by atoms with E-state index in [0.717, 1.165) is 4.90 Å². The van der Waals surface area contributed by atoms with Crippen LogP contribution in [0.25, 0.3) is 0 Å².